The maximum atomic E-state index is 12.5. The van der Waals surface area contributed by atoms with Gasteiger partial charge in [0, 0.05) is 0 Å². The number of hydrogen-bond acceptors (Lipinski definition) is 5. The third kappa shape index (κ3) is 3.39. The molecule has 1 amide bonds. The Balaban J connectivity index is 2.32. The van der Waals surface area contributed by atoms with Gasteiger partial charge in [0.1, 0.15) is 4.32 Å². The van der Waals surface area contributed by atoms with E-state index in [2.05, 4.69) is 0 Å². The van der Waals surface area contributed by atoms with Crippen molar-refractivity contribution >= 4 is 46.3 Å². The highest BCUT2D eigenvalue weighted by atomic mass is 32.2. The molecule has 1 aromatic rings. The van der Waals surface area contributed by atoms with Crippen molar-refractivity contribution in [1.82, 2.24) is 4.90 Å². The Morgan fingerprint density at radius 3 is 2.41 bits per heavy atom. The predicted molar refractivity (Wildman–Crippen MR) is 89.8 cm³/mol. The highest BCUT2D eigenvalue weighted by Crippen LogP contribution is 2.35. The van der Waals surface area contributed by atoms with Crippen molar-refractivity contribution in [3.8, 4) is 0 Å². The summed E-state index contributed by atoms with van der Waals surface area (Å²) in [7, 11) is 0. The van der Waals surface area contributed by atoms with E-state index < -0.39 is 12.0 Å². The number of thiocarbonyl (C=S) groups is 1. The number of thioether (sulfide) groups is 1. The molecule has 0 aliphatic carbocycles. The number of rotatable bonds is 4. The van der Waals surface area contributed by atoms with Crippen LogP contribution >= 0.6 is 24.0 Å². The number of carboxylic acid groups (broad SMARTS) is 1. The standard InChI is InChI=1S/C16H17NO3S2/c1-9(2)13(15(19)20)17-14(18)12(22-16(17)21)8-11-6-4-10(3)5-7-11/h4-9,13H,1-3H3,(H,19,20)/p-1/b12-8+/t13-/m0/s1. The first-order valence-electron chi connectivity index (χ1n) is 6.86. The second-order valence-electron chi connectivity index (χ2n) is 5.47. The van der Waals surface area contributed by atoms with Crippen molar-refractivity contribution in [3.63, 3.8) is 0 Å². The van der Waals surface area contributed by atoms with Crippen LogP contribution in [0.15, 0.2) is 29.2 Å². The summed E-state index contributed by atoms with van der Waals surface area (Å²) < 4.78 is 0.256. The van der Waals surface area contributed by atoms with Crippen LogP contribution in [-0.4, -0.2) is 27.1 Å². The number of aryl methyl sites for hydroxylation is 1. The summed E-state index contributed by atoms with van der Waals surface area (Å²) in [6.45, 7) is 5.43. The number of benzene rings is 1. The van der Waals surface area contributed by atoms with Gasteiger partial charge in [-0.25, -0.2) is 0 Å². The van der Waals surface area contributed by atoms with E-state index >= 15 is 0 Å². The Hall–Kier alpha value is -1.66. The molecule has 116 valence electrons. The van der Waals surface area contributed by atoms with Crippen LogP contribution in [0.5, 0.6) is 0 Å². The van der Waals surface area contributed by atoms with Gasteiger partial charge in [-0.2, -0.15) is 0 Å². The van der Waals surface area contributed by atoms with Gasteiger partial charge in [-0.05, 0) is 24.5 Å². The predicted octanol–water partition coefficient (Wildman–Crippen LogP) is 1.97. The SMILES string of the molecule is Cc1ccc(/C=C2/SC(=S)N([C@H](C(=O)[O-])C(C)C)C2=O)cc1. The van der Waals surface area contributed by atoms with E-state index in [1.165, 1.54) is 0 Å². The van der Waals surface area contributed by atoms with Gasteiger partial charge in [-0.15, -0.1) is 0 Å². The number of aliphatic carboxylic acids is 1. The Morgan fingerprint density at radius 2 is 1.91 bits per heavy atom. The van der Waals surface area contributed by atoms with Crippen LogP contribution in [0.2, 0.25) is 0 Å². The van der Waals surface area contributed by atoms with Crippen LogP contribution in [0.4, 0.5) is 0 Å². The number of carbonyl (C=O) groups excluding carboxylic acids is 2. The van der Waals surface area contributed by atoms with Crippen LogP contribution in [-0.2, 0) is 9.59 Å². The minimum atomic E-state index is -1.29. The summed E-state index contributed by atoms with van der Waals surface area (Å²) in [4.78, 5) is 25.4. The van der Waals surface area contributed by atoms with E-state index in [1.54, 1.807) is 19.9 Å². The van der Waals surface area contributed by atoms with Crippen LogP contribution in [0, 0.1) is 12.8 Å². The van der Waals surface area contributed by atoms with E-state index in [1.807, 2.05) is 31.2 Å². The summed E-state index contributed by atoms with van der Waals surface area (Å²) in [6, 6.07) is 6.66. The van der Waals surface area contributed by atoms with Crippen molar-refractivity contribution in [3.05, 3.63) is 40.3 Å². The zero-order chi connectivity index (χ0) is 16.4. The zero-order valence-corrected chi connectivity index (χ0v) is 14.2. The molecule has 0 spiro atoms. The first kappa shape index (κ1) is 16.7. The molecule has 1 fully saturated rings. The topological polar surface area (TPSA) is 60.4 Å². The molecular formula is C16H16NO3S2-. The van der Waals surface area contributed by atoms with Crippen LogP contribution in [0.1, 0.15) is 25.0 Å². The molecule has 1 aromatic carbocycles. The van der Waals surface area contributed by atoms with Gasteiger partial charge < -0.3 is 9.90 Å². The maximum absolute atomic E-state index is 12.5. The normalized spacial score (nSPS) is 18.4. The van der Waals surface area contributed by atoms with E-state index in [4.69, 9.17) is 12.2 Å². The molecule has 0 unspecified atom stereocenters. The van der Waals surface area contributed by atoms with E-state index in [0.29, 0.717) is 4.91 Å². The maximum Gasteiger partial charge on any atom is 0.266 e. The largest absolute Gasteiger partial charge is 0.548 e. The van der Waals surface area contributed by atoms with Crippen LogP contribution < -0.4 is 5.11 Å². The van der Waals surface area contributed by atoms with Crippen molar-refractivity contribution in [2.24, 2.45) is 5.92 Å². The number of carboxylic acids is 1. The number of amides is 1. The molecule has 1 aliphatic heterocycles. The van der Waals surface area contributed by atoms with Crippen molar-refractivity contribution < 1.29 is 14.7 Å². The lowest BCUT2D eigenvalue weighted by Crippen LogP contribution is -2.52. The summed E-state index contributed by atoms with van der Waals surface area (Å²) in [5.41, 5.74) is 2.00. The molecule has 0 saturated carbocycles. The molecule has 6 heteroatoms. The lowest BCUT2D eigenvalue weighted by atomic mass is 10.0. The van der Waals surface area contributed by atoms with Crippen molar-refractivity contribution in [1.29, 1.82) is 0 Å². The summed E-state index contributed by atoms with van der Waals surface area (Å²) in [5.74, 6) is -1.95. The monoisotopic (exact) mass is 334 g/mol. The number of hydrogen-bond donors (Lipinski definition) is 0. The first-order chi connectivity index (χ1) is 10.3. The molecule has 1 aliphatic rings. The summed E-state index contributed by atoms with van der Waals surface area (Å²) in [5, 5.41) is 11.3. The summed E-state index contributed by atoms with van der Waals surface area (Å²) in [6.07, 6.45) is 1.73. The van der Waals surface area contributed by atoms with E-state index in [-0.39, 0.29) is 16.1 Å². The van der Waals surface area contributed by atoms with Gasteiger partial charge >= 0.3 is 0 Å². The fourth-order valence-corrected chi connectivity index (χ4v) is 3.54. The molecule has 22 heavy (non-hydrogen) atoms. The Kier molecular flexibility index (Phi) is 5.03. The number of nitrogens with zero attached hydrogens (tertiary/aromatic N) is 1. The highest BCUT2D eigenvalue weighted by Gasteiger charge is 2.38. The second-order valence-corrected chi connectivity index (χ2v) is 7.15. The molecule has 0 N–H and O–H groups in total. The van der Waals surface area contributed by atoms with Gasteiger partial charge in [0.05, 0.1) is 16.9 Å². The summed E-state index contributed by atoms with van der Waals surface area (Å²) >= 11 is 6.30. The molecule has 1 atom stereocenters. The lowest BCUT2D eigenvalue weighted by molar-refractivity contribution is -0.311. The smallest absolute Gasteiger partial charge is 0.266 e. The quantitative estimate of drug-likeness (QED) is 0.622. The number of carbonyl (C=O) groups is 2. The van der Waals surface area contributed by atoms with Gasteiger partial charge in [0.25, 0.3) is 5.91 Å². The van der Waals surface area contributed by atoms with Gasteiger partial charge in [0.15, 0.2) is 0 Å². The minimum absolute atomic E-state index is 0.256. The van der Waals surface area contributed by atoms with Gasteiger partial charge in [0.2, 0.25) is 0 Å². The lowest BCUT2D eigenvalue weighted by Gasteiger charge is -2.30. The molecule has 4 nitrogen and oxygen atoms in total. The van der Waals surface area contributed by atoms with Gasteiger partial charge in [-0.3, -0.25) is 9.69 Å². The molecule has 0 aromatic heterocycles. The average molecular weight is 334 g/mol. The van der Waals surface area contributed by atoms with Crippen molar-refractivity contribution in [2.45, 2.75) is 26.8 Å². The Morgan fingerprint density at radius 1 is 1.32 bits per heavy atom. The van der Waals surface area contributed by atoms with Crippen LogP contribution in [0.25, 0.3) is 6.08 Å². The Labute approximate surface area is 139 Å². The molecule has 0 bridgehead atoms. The zero-order valence-electron chi connectivity index (χ0n) is 12.5. The molecule has 0 radical (unpaired) electrons. The van der Waals surface area contributed by atoms with E-state index in [0.717, 1.165) is 27.8 Å². The fourth-order valence-electron chi connectivity index (χ4n) is 2.21. The van der Waals surface area contributed by atoms with Crippen LogP contribution in [0.3, 0.4) is 0 Å². The molecule has 2 rings (SSSR count). The Bertz CT molecular complexity index is 650. The third-order valence-electron chi connectivity index (χ3n) is 3.35. The second kappa shape index (κ2) is 6.62. The van der Waals surface area contributed by atoms with E-state index in [9.17, 15) is 14.7 Å². The minimum Gasteiger partial charge on any atom is -0.548 e. The highest BCUT2D eigenvalue weighted by molar-refractivity contribution is 8.26. The van der Waals surface area contributed by atoms with Crippen molar-refractivity contribution in [2.75, 3.05) is 0 Å². The molecular weight excluding hydrogens is 318 g/mol. The third-order valence-corrected chi connectivity index (χ3v) is 4.68. The first-order valence-corrected chi connectivity index (χ1v) is 8.08. The van der Waals surface area contributed by atoms with Gasteiger partial charge in [-0.1, -0.05) is 67.7 Å². The average Bonchev–Trinajstić information content (AvgIpc) is 2.69. The molecule has 1 heterocycles. The molecule has 1 saturated heterocycles. The fraction of sp³-hybridized carbons (Fsp3) is 0.312.